The van der Waals surface area contributed by atoms with Gasteiger partial charge in [0.2, 0.25) is 11.7 Å². The van der Waals surface area contributed by atoms with Crippen LogP contribution in [0.1, 0.15) is 18.7 Å². The summed E-state index contributed by atoms with van der Waals surface area (Å²) in [6, 6.07) is 7.27. The molecule has 3 heterocycles. The van der Waals surface area contributed by atoms with Crippen LogP contribution in [0.4, 0.5) is 0 Å². The Morgan fingerprint density at radius 3 is 2.58 bits per heavy atom. The molecule has 2 fully saturated rings. The van der Waals surface area contributed by atoms with Crippen LogP contribution < -0.4 is 5.32 Å². The maximum absolute atomic E-state index is 12.5. The van der Waals surface area contributed by atoms with E-state index in [0.717, 1.165) is 24.4 Å². The van der Waals surface area contributed by atoms with Gasteiger partial charge in [-0.2, -0.15) is 4.98 Å². The van der Waals surface area contributed by atoms with Crippen LogP contribution in [0.3, 0.4) is 0 Å². The molecular formula is C20H26ClIN6O3. The lowest BCUT2D eigenvalue weighted by molar-refractivity contribution is -0.142. The summed E-state index contributed by atoms with van der Waals surface area (Å²) in [7, 11) is 1.74. The normalized spacial score (nSPS) is 19.3. The molecule has 31 heavy (non-hydrogen) atoms. The fraction of sp³-hybridized carbons (Fsp3) is 0.500. The third-order valence-corrected chi connectivity index (χ3v) is 5.53. The molecule has 1 unspecified atom stereocenters. The first-order valence-corrected chi connectivity index (χ1v) is 10.5. The van der Waals surface area contributed by atoms with Gasteiger partial charge in [0.1, 0.15) is 6.10 Å². The van der Waals surface area contributed by atoms with E-state index in [1.165, 1.54) is 0 Å². The summed E-state index contributed by atoms with van der Waals surface area (Å²) in [5.74, 6) is 1.83. The molecular weight excluding hydrogens is 535 g/mol. The van der Waals surface area contributed by atoms with E-state index in [0.29, 0.717) is 56.1 Å². The molecule has 0 bridgehead atoms. The molecule has 1 N–H and O–H groups in total. The Morgan fingerprint density at radius 2 is 1.94 bits per heavy atom. The van der Waals surface area contributed by atoms with E-state index in [1.807, 2.05) is 17.0 Å². The fourth-order valence-electron chi connectivity index (χ4n) is 3.64. The highest BCUT2D eigenvalue weighted by Crippen LogP contribution is 2.19. The Hall–Kier alpha value is -1.92. The van der Waals surface area contributed by atoms with Crippen molar-refractivity contribution in [2.75, 3.05) is 39.8 Å². The highest BCUT2D eigenvalue weighted by Gasteiger charge is 2.30. The average Bonchev–Trinajstić information content (AvgIpc) is 3.47. The zero-order valence-corrected chi connectivity index (χ0v) is 20.4. The second-order valence-electron chi connectivity index (χ2n) is 7.23. The summed E-state index contributed by atoms with van der Waals surface area (Å²) in [5, 5.41) is 7.94. The number of nitrogens with zero attached hydrogens (tertiary/aromatic N) is 5. The van der Waals surface area contributed by atoms with Crippen molar-refractivity contribution in [2.45, 2.75) is 25.5 Å². The van der Waals surface area contributed by atoms with Gasteiger partial charge in [0.05, 0.1) is 6.54 Å². The van der Waals surface area contributed by atoms with Crippen LogP contribution in [0.2, 0.25) is 5.02 Å². The van der Waals surface area contributed by atoms with Crippen molar-refractivity contribution in [3.8, 4) is 11.4 Å². The van der Waals surface area contributed by atoms with E-state index >= 15 is 0 Å². The summed E-state index contributed by atoms with van der Waals surface area (Å²) in [6.45, 7) is 3.77. The molecule has 2 aliphatic heterocycles. The molecule has 1 atom stereocenters. The lowest BCUT2D eigenvalue weighted by Crippen LogP contribution is -2.55. The molecule has 1 aromatic heterocycles. The number of carbonyl (C=O) groups excluding carboxylic acids is 1. The lowest BCUT2D eigenvalue weighted by Gasteiger charge is -2.37. The van der Waals surface area contributed by atoms with Gasteiger partial charge in [0, 0.05) is 50.4 Å². The van der Waals surface area contributed by atoms with Gasteiger partial charge in [-0.1, -0.05) is 16.8 Å². The van der Waals surface area contributed by atoms with Gasteiger partial charge in [0.25, 0.3) is 5.91 Å². The molecule has 4 rings (SSSR count). The van der Waals surface area contributed by atoms with Crippen molar-refractivity contribution in [1.29, 1.82) is 0 Å². The average molecular weight is 561 g/mol. The number of ether oxygens (including phenoxy) is 1. The van der Waals surface area contributed by atoms with Gasteiger partial charge in [-0.15, -0.1) is 24.0 Å². The first kappa shape index (κ1) is 23.7. The van der Waals surface area contributed by atoms with Crippen LogP contribution in [0.15, 0.2) is 33.8 Å². The summed E-state index contributed by atoms with van der Waals surface area (Å²) in [6.07, 6.45) is 1.52. The molecule has 0 spiro atoms. The molecule has 168 valence electrons. The molecule has 2 aromatic rings. The van der Waals surface area contributed by atoms with Gasteiger partial charge in [-0.25, -0.2) is 0 Å². The molecule has 2 saturated heterocycles. The molecule has 1 aromatic carbocycles. The topological polar surface area (TPSA) is 96.1 Å². The Bertz CT molecular complexity index is 893. The lowest BCUT2D eigenvalue weighted by atomic mass is 10.2. The monoisotopic (exact) mass is 560 g/mol. The molecule has 0 aliphatic carbocycles. The Balaban J connectivity index is 0.00000272. The van der Waals surface area contributed by atoms with Crippen LogP contribution in [-0.2, 0) is 16.1 Å². The van der Waals surface area contributed by atoms with Gasteiger partial charge < -0.3 is 24.4 Å². The predicted octanol–water partition coefficient (Wildman–Crippen LogP) is 2.41. The molecule has 2 aliphatic rings. The number of amides is 1. The summed E-state index contributed by atoms with van der Waals surface area (Å²) < 4.78 is 10.9. The summed E-state index contributed by atoms with van der Waals surface area (Å²) >= 11 is 5.92. The van der Waals surface area contributed by atoms with E-state index in [2.05, 4.69) is 25.3 Å². The number of benzene rings is 1. The Kier molecular flexibility index (Phi) is 8.50. The van der Waals surface area contributed by atoms with E-state index in [-0.39, 0.29) is 36.0 Å². The number of hydrogen-bond acceptors (Lipinski definition) is 6. The highest BCUT2D eigenvalue weighted by molar-refractivity contribution is 14.0. The van der Waals surface area contributed by atoms with Gasteiger partial charge in [0.15, 0.2) is 5.96 Å². The second-order valence-corrected chi connectivity index (χ2v) is 7.67. The minimum Gasteiger partial charge on any atom is -0.368 e. The fourth-order valence-corrected chi connectivity index (χ4v) is 3.77. The first-order chi connectivity index (χ1) is 14.6. The Morgan fingerprint density at radius 1 is 1.23 bits per heavy atom. The van der Waals surface area contributed by atoms with Crippen molar-refractivity contribution >= 4 is 47.4 Å². The summed E-state index contributed by atoms with van der Waals surface area (Å²) in [5.41, 5.74) is 0.839. The minimum absolute atomic E-state index is 0. The SMILES string of the molecule is CN=C(NCc1nc(-c2ccc(Cl)cc2)no1)N1CCN(C(=O)C2CCCO2)CC1.I. The number of aromatic nitrogens is 2. The zero-order chi connectivity index (χ0) is 20.9. The molecule has 1 amide bonds. The van der Waals surface area contributed by atoms with Crippen LogP contribution in [0.25, 0.3) is 11.4 Å². The molecule has 0 radical (unpaired) electrons. The number of rotatable bonds is 4. The maximum Gasteiger partial charge on any atom is 0.251 e. The number of guanidine groups is 1. The van der Waals surface area contributed by atoms with E-state index in [1.54, 1.807) is 19.2 Å². The van der Waals surface area contributed by atoms with Crippen molar-refractivity contribution in [3.63, 3.8) is 0 Å². The maximum atomic E-state index is 12.5. The number of nitrogens with one attached hydrogen (secondary N) is 1. The van der Waals surface area contributed by atoms with Crippen LogP contribution >= 0.6 is 35.6 Å². The predicted molar refractivity (Wildman–Crippen MR) is 127 cm³/mol. The minimum atomic E-state index is -0.263. The number of halogens is 2. The van der Waals surface area contributed by atoms with Crippen molar-refractivity contribution in [2.24, 2.45) is 4.99 Å². The van der Waals surface area contributed by atoms with Crippen LogP contribution in [-0.4, -0.2) is 77.7 Å². The quantitative estimate of drug-likeness (QED) is 0.349. The van der Waals surface area contributed by atoms with Gasteiger partial charge >= 0.3 is 0 Å². The highest BCUT2D eigenvalue weighted by atomic mass is 127. The molecule has 0 saturated carbocycles. The zero-order valence-electron chi connectivity index (χ0n) is 17.3. The second kappa shape index (κ2) is 11.1. The van der Waals surface area contributed by atoms with E-state index < -0.39 is 0 Å². The summed E-state index contributed by atoms with van der Waals surface area (Å²) in [4.78, 5) is 25.3. The third kappa shape index (κ3) is 5.86. The van der Waals surface area contributed by atoms with E-state index in [9.17, 15) is 4.79 Å². The number of hydrogen-bond donors (Lipinski definition) is 1. The first-order valence-electron chi connectivity index (χ1n) is 10.1. The number of piperazine rings is 1. The van der Waals surface area contributed by atoms with Crippen molar-refractivity contribution in [3.05, 3.63) is 35.2 Å². The van der Waals surface area contributed by atoms with Crippen molar-refractivity contribution < 1.29 is 14.1 Å². The van der Waals surface area contributed by atoms with Crippen molar-refractivity contribution in [1.82, 2.24) is 25.3 Å². The standard InChI is InChI=1S/C20H25ClN6O3.HI/c1-22-20(27-10-8-26(9-11-27)19(28)16-3-2-12-29-16)23-13-17-24-18(25-30-17)14-4-6-15(21)7-5-14;/h4-7,16H,2-3,8-13H2,1H3,(H,22,23);1H. The van der Waals surface area contributed by atoms with Gasteiger partial charge in [-0.05, 0) is 37.1 Å². The Labute approximate surface area is 203 Å². The number of carbonyl (C=O) groups is 1. The third-order valence-electron chi connectivity index (χ3n) is 5.28. The number of aliphatic imine (C=N–C) groups is 1. The van der Waals surface area contributed by atoms with E-state index in [4.69, 9.17) is 20.9 Å². The molecule has 9 nitrogen and oxygen atoms in total. The molecule has 11 heteroatoms. The van der Waals surface area contributed by atoms with Crippen LogP contribution in [0.5, 0.6) is 0 Å². The smallest absolute Gasteiger partial charge is 0.251 e. The van der Waals surface area contributed by atoms with Gasteiger partial charge in [-0.3, -0.25) is 9.79 Å². The largest absolute Gasteiger partial charge is 0.368 e. The van der Waals surface area contributed by atoms with Crippen LogP contribution in [0, 0.1) is 0 Å².